The quantitative estimate of drug-likeness (QED) is 0.398. The highest BCUT2D eigenvalue weighted by Gasteiger charge is 2.10. The number of oxime groups is 1. The molecule has 0 aliphatic rings. The van der Waals surface area contributed by atoms with Gasteiger partial charge >= 0.3 is 6.61 Å². The normalized spacial score (nSPS) is 11.1. The Morgan fingerprint density at radius 1 is 1.20 bits per heavy atom. The van der Waals surface area contributed by atoms with E-state index in [1.165, 1.54) is 25.5 Å². The minimum Gasteiger partial charge on any atom is -0.493 e. The van der Waals surface area contributed by atoms with Crippen LogP contribution in [0.3, 0.4) is 0 Å². The van der Waals surface area contributed by atoms with E-state index in [9.17, 15) is 8.78 Å². The van der Waals surface area contributed by atoms with Crippen LogP contribution in [0.15, 0.2) is 23.4 Å². The molecule has 0 aliphatic heterocycles. The number of alkyl halides is 2. The van der Waals surface area contributed by atoms with Gasteiger partial charge in [0.15, 0.2) is 11.5 Å². The van der Waals surface area contributed by atoms with Gasteiger partial charge in [0.25, 0.3) is 0 Å². The van der Waals surface area contributed by atoms with Crippen molar-refractivity contribution in [3.05, 3.63) is 23.8 Å². The minimum absolute atomic E-state index is 0.0272. The van der Waals surface area contributed by atoms with Crippen LogP contribution in [0, 0.1) is 0 Å². The molecule has 0 fully saturated rings. The molecule has 0 unspecified atom stereocenters. The molecule has 0 saturated heterocycles. The van der Waals surface area contributed by atoms with Crippen LogP contribution in [0.1, 0.15) is 12.0 Å². The highest BCUT2D eigenvalue weighted by Crippen LogP contribution is 2.28. The standard InChI is InChI=1S/C13H17F2NO4/c1-17-6-3-7-19-16-9-10-4-5-11(20-13(14)15)12(8-10)18-2/h4-5,8-9,13H,3,6-7H2,1-2H3/b16-9+. The maximum atomic E-state index is 12.2. The van der Waals surface area contributed by atoms with Crippen LogP contribution in [0.4, 0.5) is 8.78 Å². The molecule has 1 rings (SSSR count). The first-order valence-corrected chi connectivity index (χ1v) is 5.94. The summed E-state index contributed by atoms with van der Waals surface area (Å²) in [5.74, 6) is 0.175. The van der Waals surface area contributed by atoms with Crippen molar-refractivity contribution in [2.45, 2.75) is 13.0 Å². The van der Waals surface area contributed by atoms with Gasteiger partial charge in [-0.25, -0.2) is 0 Å². The summed E-state index contributed by atoms with van der Waals surface area (Å²) in [4.78, 5) is 5.01. The lowest BCUT2D eigenvalue weighted by molar-refractivity contribution is -0.0512. The third kappa shape index (κ3) is 5.83. The molecule has 1 aromatic carbocycles. The van der Waals surface area contributed by atoms with Crippen LogP contribution >= 0.6 is 0 Å². The Morgan fingerprint density at radius 3 is 2.65 bits per heavy atom. The Balaban J connectivity index is 2.56. The van der Waals surface area contributed by atoms with Crippen LogP contribution in [0.2, 0.25) is 0 Å². The molecule has 0 bridgehead atoms. The number of benzene rings is 1. The second kappa shape index (κ2) is 9.08. The van der Waals surface area contributed by atoms with Crippen LogP contribution in [0.5, 0.6) is 11.5 Å². The van der Waals surface area contributed by atoms with E-state index in [1.54, 1.807) is 13.2 Å². The molecule has 7 heteroatoms. The summed E-state index contributed by atoms with van der Waals surface area (Å²) >= 11 is 0. The summed E-state index contributed by atoms with van der Waals surface area (Å²) in [6.07, 6.45) is 2.19. The van der Waals surface area contributed by atoms with Crippen molar-refractivity contribution in [3.63, 3.8) is 0 Å². The van der Waals surface area contributed by atoms with Gasteiger partial charge in [0.2, 0.25) is 0 Å². The average Bonchev–Trinajstić information content (AvgIpc) is 2.43. The average molecular weight is 289 g/mol. The van der Waals surface area contributed by atoms with E-state index in [1.807, 2.05) is 0 Å². The lowest BCUT2D eigenvalue weighted by atomic mass is 10.2. The number of methoxy groups -OCH3 is 2. The van der Waals surface area contributed by atoms with E-state index in [0.29, 0.717) is 18.8 Å². The first-order valence-electron chi connectivity index (χ1n) is 5.94. The molecule has 0 aliphatic carbocycles. The predicted octanol–water partition coefficient (Wildman–Crippen LogP) is 2.68. The number of nitrogens with zero attached hydrogens (tertiary/aromatic N) is 1. The molecule has 112 valence electrons. The smallest absolute Gasteiger partial charge is 0.387 e. The Bertz CT molecular complexity index is 427. The summed E-state index contributed by atoms with van der Waals surface area (Å²) in [5, 5.41) is 3.75. The SMILES string of the molecule is COCCCO/N=C/c1ccc(OC(F)F)c(OC)c1. The summed E-state index contributed by atoms with van der Waals surface area (Å²) < 4.78 is 38.4. The number of ether oxygens (including phenoxy) is 3. The van der Waals surface area contributed by atoms with Crippen molar-refractivity contribution in [2.75, 3.05) is 27.4 Å². The molecule has 0 amide bonds. The summed E-state index contributed by atoms with van der Waals surface area (Å²) in [5.41, 5.74) is 0.648. The van der Waals surface area contributed by atoms with Gasteiger partial charge in [-0.15, -0.1) is 0 Å². The van der Waals surface area contributed by atoms with Crippen LogP contribution in [-0.4, -0.2) is 40.3 Å². The van der Waals surface area contributed by atoms with Gasteiger partial charge in [-0.1, -0.05) is 5.16 Å². The molecule has 1 aromatic rings. The zero-order valence-electron chi connectivity index (χ0n) is 11.3. The van der Waals surface area contributed by atoms with Crippen molar-refractivity contribution >= 4 is 6.21 Å². The van der Waals surface area contributed by atoms with Crippen molar-refractivity contribution in [3.8, 4) is 11.5 Å². The fraction of sp³-hybridized carbons (Fsp3) is 0.462. The predicted molar refractivity (Wildman–Crippen MR) is 69.7 cm³/mol. The van der Waals surface area contributed by atoms with Crippen molar-refractivity contribution in [1.82, 2.24) is 0 Å². The van der Waals surface area contributed by atoms with Gasteiger partial charge in [0.05, 0.1) is 13.3 Å². The van der Waals surface area contributed by atoms with E-state index in [0.717, 1.165) is 6.42 Å². The molecule has 0 aromatic heterocycles. The number of hydrogen-bond donors (Lipinski definition) is 0. The van der Waals surface area contributed by atoms with E-state index in [2.05, 4.69) is 9.89 Å². The first-order chi connectivity index (χ1) is 9.67. The van der Waals surface area contributed by atoms with Gasteiger partial charge < -0.3 is 19.0 Å². The molecule has 0 spiro atoms. The van der Waals surface area contributed by atoms with E-state index >= 15 is 0 Å². The summed E-state index contributed by atoms with van der Waals surface area (Å²) in [7, 11) is 2.98. The van der Waals surface area contributed by atoms with Gasteiger partial charge in [-0.05, 0) is 18.2 Å². The van der Waals surface area contributed by atoms with E-state index in [4.69, 9.17) is 14.3 Å². The minimum atomic E-state index is -2.90. The zero-order valence-corrected chi connectivity index (χ0v) is 11.3. The summed E-state index contributed by atoms with van der Waals surface area (Å²) in [6, 6.07) is 4.49. The van der Waals surface area contributed by atoms with Crippen molar-refractivity contribution in [2.24, 2.45) is 5.16 Å². The molecule has 20 heavy (non-hydrogen) atoms. The number of halogens is 2. The Labute approximate surface area is 116 Å². The van der Waals surface area contributed by atoms with Gasteiger partial charge in [-0.2, -0.15) is 8.78 Å². The largest absolute Gasteiger partial charge is 0.493 e. The second-order valence-corrected chi connectivity index (χ2v) is 3.70. The molecule has 0 heterocycles. The first kappa shape index (κ1) is 16.2. The van der Waals surface area contributed by atoms with Crippen LogP contribution < -0.4 is 9.47 Å². The molecule has 0 radical (unpaired) electrons. The van der Waals surface area contributed by atoms with Crippen molar-refractivity contribution in [1.29, 1.82) is 0 Å². The fourth-order valence-electron chi connectivity index (χ4n) is 1.38. The Kier molecular flexibility index (Phi) is 7.34. The number of rotatable bonds is 9. The van der Waals surface area contributed by atoms with Gasteiger partial charge in [-0.3, -0.25) is 0 Å². The van der Waals surface area contributed by atoms with Crippen LogP contribution in [0.25, 0.3) is 0 Å². The topological polar surface area (TPSA) is 49.3 Å². The molecular formula is C13H17F2NO4. The highest BCUT2D eigenvalue weighted by atomic mass is 19.3. The molecular weight excluding hydrogens is 272 g/mol. The third-order valence-electron chi connectivity index (χ3n) is 2.26. The molecule has 5 nitrogen and oxygen atoms in total. The van der Waals surface area contributed by atoms with Gasteiger partial charge in [0.1, 0.15) is 6.61 Å². The van der Waals surface area contributed by atoms with Crippen LogP contribution in [-0.2, 0) is 9.57 Å². The summed E-state index contributed by atoms with van der Waals surface area (Å²) in [6.45, 7) is -1.86. The van der Waals surface area contributed by atoms with E-state index in [-0.39, 0.29) is 11.5 Å². The number of hydrogen-bond acceptors (Lipinski definition) is 5. The second-order valence-electron chi connectivity index (χ2n) is 3.70. The zero-order chi connectivity index (χ0) is 14.8. The lowest BCUT2D eigenvalue weighted by Crippen LogP contribution is -2.03. The highest BCUT2D eigenvalue weighted by molar-refractivity contribution is 5.80. The third-order valence-corrected chi connectivity index (χ3v) is 2.26. The monoisotopic (exact) mass is 289 g/mol. The van der Waals surface area contributed by atoms with Crippen molar-refractivity contribution < 1.29 is 27.8 Å². The Hall–Kier alpha value is -1.89. The molecule has 0 N–H and O–H groups in total. The molecule has 0 saturated carbocycles. The lowest BCUT2D eigenvalue weighted by Gasteiger charge is -2.09. The van der Waals surface area contributed by atoms with Gasteiger partial charge in [0, 0.05) is 25.7 Å². The molecule has 0 atom stereocenters. The Morgan fingerprint density at radius 2 is 2.00 bits per heavy atom. The maximum Gasteiger partial charge on any atom is 0.387 e. The maximum absolute atomic E-state index is 12.2. The van der Waals surface area contributed by atoms with E-state index < -0.39 is 6.61 Å². The fourth-order valence-corrected chi connectivity index (χ4v) is 1.38.